The monoisotopic (exact) mass is 505 g/mol. The van der Waals surface area contributed by atoms with E-state index >= 15 is 0 Å². The lowest BCUT2D eigenvalue weighted by Gasteiger charge is -2.34. The Hall–Kier alpha value is -3.59. The fourth-order valence-corrected chi connectivity index (χ4v) is 5.65. The number of likely N-dealkylation sites (tertiary alicyclic amines) is 1. The summed E-state index contributed by atoms with van der Waals surface area (Å²) < 4.78 is 15.1. The molecule has 3 aromatic rings. The van der Waals surface area contributed by atoms with Gasteiger partial charge in [0, 0.05) is 43.4 Å². The van der Waals surface area contributed by atoms with Gasteiger partial charge in [-0.15, -0.1) is 0 Å². The number of amides is 1. The number of carbonyl (C=O) groups excluding carboxylic acids is 1. The van der Waals surface area contributed by atoms with E-state index < -0.39 is 4.92 Å². The van der Waals surface area contributed by atoms with Crippen LogP contribution in [0.3, 0.4) is 0 Å². The van der Waals surface area contributed by atoms with Crippen LogP contribution >= 0.6 is 0 Å². The smallest absolute Gasteiger partial charge is 0.269 e. The zero-order chi connectivity index (χ0) is 25.9. The molecule has 1 saturated heterocycles. The molecule has 2 heterocycles. The number of fused-ring (bicyclic) bond motifs is 1. The lowest BCUT2D eigenvalue weighted by molar-refractivity contribution is -0.384. The Balaban J connectivity index is 1.33. The minimum Gasteiger partial charge on any atom is -0.302 e. The van der Waals surface area contributed by atoms with Gasteiger partial charge in [-0.3, -0.25) is 24.5 Å². The normalized spacial score (nSPS) is 16.4. The number of piperidine rings is 1. The maximum Gasteiger partial charge on any atom is 0.269 e. The molecule has 1 amide bonds. The van der Waals surface area contributed by atoms with Gasteiger partial charge in [0.05, 0.1) is 10.6 Å². The first kappa shape index (κ1) is 25.1. The van der Waals surface area contributed by atoms with Gasteiger partial charge in [-0.05, 0) is 87.4 Å². The van der Waals surface area contributed by atoms with Gasteiger partial charge in [0.25, 0.3) is 11.6 Å². The first-order valence-electron chi connectivity index (χ1n) is 13.0. The van der Waals surface area contributed by atoms with Crippen molar-refractivity contribution in [1.82, 2.24) is 14.7 Å². The fraction of sp³-hybridized carbons (Fsp3) is 0.429. The molecule has 5 rings (SSSR count). The first-order chi connectivity index (χ1) is 17.9. The minimum absolute atomic E-state index is 0.0370. The van der Waals surface area contributed by atoms with Gasteiger partial charge in [-0.1, -0.05) is 12.1 Å². The summed E-state index contributed by atoms with van der Waals surface area (Å²) >= 11 is 0. The van der Waals surface area contributed by atoms with Crippen LogP contribution < -0.4 is 4.90 Å². The molecular weight excluding hydrogens is 473 g/mol. The lowest BCUT2D eigenvalue weighted by atomic mass is 9.89. The quantitative estimate of drug-likeness (QED) is 0.338. The topological polar surface area (TPSA) is 84.5 Å². The number of rotatable bonds is 7. The molecule has 1 aromatic heterocycles. The Morgan fingerprint density at radius 2 is 1.76 bits per heavy atom. The Bertz CT molecular complexity index is 1260. The third-order valence-electron chi connectivity index (χ3n) is 7.68. The van der Waals surface area contributed by atoms with E-state index in [4.69, 9.17) is 5.10 Å². The maximum atomic E-state index is 13.8. The number of benzene rings is 2. The molecule has 2 aliphatic rings. The number of aryl methyl sites for hydroxylation is 2. The van der Waals surface area contributed by atoms with Gasteiger partial charge in [-0.2, -0.15) is 5.10 Å². The van der Waals surface area contributed by atoms with E-state index in [1.54, 1.807) is 0 Å². The van der Waals surface area contributed by atoms with Crippen LogP contribution in [0.15, 0.2) is 48.5 Å². The number of nitro benzene ring substituents is 1. The van der Waals surface area contributed by atoms with Crippen molar-refractivity contribution in [3.63, 3.8) is 0 Å². The van der Waals surface area contributed by atoms with Crippen LogP contribution in [-0.4, -0.2) is 51.7 Å². The third kappa shape index (κ3) is 5.41. The van der Waals surface area contributed by atoms with E-state index in [0.29, 0.717) is 18.0 Å². The van der Waals surface area contributed by atoms with Gasteiger partial charge in [-0.25, -0.2) is 4.39 Å². The van der Waals surface area contributed by atoms with Crippen LogP contribution in [0.5, 0.6) is 0 Å². The van der Waals surface area contributed by atoms with Crippen molar-refractivity contribution in [2.45, 2.75) is 44.4 Å². The second kappa shape index (κ2) is 10.8. The second-order valence-corrected chi connectivity index (χ2v) is 10.0. The number of anilines is 1. The van der Waals surface area contributed by atoms with Gasteiger partial charge in [0.1, 0.15) is 11.6 Å². The Kier molecular flexibility index (Phi) is 7.32. The Morgan fingerprint density at radius 1 is 1.08 bits per heavy atom. The van der Waals surface area contributed by atoms with E-state index in [9.17, 15) is 19.3 Å². The molecule has 194 valence electrons. The number of non-ortho nitro benzene ring substituents is 1. The number of nitro groups is 1. The molecule has 0 saturated carbocycles. The number of hydrogen-bond acceptors (Lipinski definition) is 5. The molecule has 0 bridgehead atoms. The predicted octanol–water partition coefficient (Wildman–Crippen LogP) is 4.87. The van der Waals surface area contributed by atoms with E-state index in [0.717, 1.165) is 75.2 Å². The second-order valence-electron chi connectivity index (χ2n) is 10.0. The molecule has 0 radical (unpaired) electrons. The highest BCUT2D eigenvalue weighted by Gasteiger charge is 2.29. The van der Waals surface area contributed by atoms with Crippen molar-refractivity contribution in [3.05, 3.63) is 86.8 Å². The average Bonchev–Trinajstić information content (AvgIpc) is 3.25. The summed E-state index contributed by atoms with van der Waals surface area (Å²) in [4.78, 5) is 28.6. The standard InChI is InChI=1S/C28H32FN5O3/c1-31-27(25-4-2-3-5-26(25)30-31)33(28(35)22-8-12-24(13-9-22)34(36)37)19-18-32-16-14-21(15-17-32)20-6-10-23(29)11-7-20/h6-13,21H,2-5,14-19H2,1H3. The van der Waals surface area contributed by atoms with E-state index in [1.165, 1.54) is 42.0 Å². The van der Waals surface area contributed by atoms with Crippen molar-refractivity contribution < 1.29 is 14.1 Å². The summed E-state index contributed by atoms with van der Waals surface area (Å²) in [6.45, 7) is 3.04. The molecule has 0 N–H and O–H groups in total. The molecule has 1 fully saturated rings. The predicted molar refractivity (Wildman–Crippen MR) is 139 cm³/mol. The van der Waals surface area contributed by atoms with Gasteiger partial charge in [0.2, 0.25) is 0 Å². The van der Waals surface area contributed by atoms with E-state index in [2.05, 4.69) is 4.90 Å². The SMILES string of the molecule is Cn1nc2c(c1N(CCN1CCC(c3ccc(F)cc3)CC1)C(=O)c1ccc([N+](=O)[O-])cc1)CCCC2. The molecule has 0 spiro atoms. The largest absolute Gasteiger partial charge is 0.302 e. The van der Waals surface area contributed by atoms with Gasteiger partial charge < -0.3 is 4.90 Å². The highest BCUT2D eigenvalue weighted by molar-refractivity contribution is 6.06. The van der Waals surface area contributed by atoms with Gasteiger partial charge >= 0.3 is 0 Å². The molecule has 0 atom stereocenters. The lowest BCUT2D eigenvalue weighted by Crippen LogP contribution is -2.42. The maximum absolute atomic E-state index is 13.8. The van der Waals surface area contributed by atoms with Crippen LogP contribution in [0, 0.1) is 15.9 Å². The molecule has 8 nitrogen and oxygen atoms in total. The van der Waals surface area contributed by atoms with E-state index in [-0.39, 0.29) is 17.4 Å². The zero-order valence-corrected chi connectivity index (χ0v) is 21.1. The zero-order valence-electron chi connectivity index (χ0n) is 21.1. The molecule has 1 aliphatic carbocycles. The third-order valence-corrected chi connectivity index (χ3v) is 7.68. The van der Waals surface area contributed by atoms with Crippen LogP contribution in [0.2, 0.25) is 0 Å². The van der Waals surface area contributed by atoms with Crippen LogP contribution in [0.4, 0.5) is 15.9 Å². The highest BCUT2D eigenvalue weighted by Crippen LogP contribution is 2.32. The van der Waals surface area contributed by atoms with Crippen LogP contribution in [-0.2, 0) is 19.9 Å². The van der Waals surface area contributed by atoms with Crippen LogP contribution in [0.1, 0.15) is 58.8 Å². The number of halogens is 1. The summed E-state index contributed by atoms with van der Waals surface area (Å²) in [6.07, 6.45) is 5.96. The van der Waals surface area contributed by atoms with Crippen molar-refractivity contribution in [1.29, 1.82) is 0 Å². The van der Waals surface area contributed by atoms with Crippen molar-refractivity contribution in [2.75, 3.05) is 31.1 Å². The summed E-state index contributed by atoms with van der Waals surface area (Å²) in [5.74, 6) is 0.863. The molecule has 2 aromatic carbocycles. The fourth-order valence-electron chi connectivity index (χ4n) is 5.65. The van der Waals surface area contributed by atoms with Crippen molar-refractivity contribution in [3.8, 4) is 0 Å². The number of nitrogens with zero attached hydrogens (tertiary/aromatic N) is 5. The summed E-state index contributed by atoms with van der Waals surface area (Å²) in [7, 11) is 1.89. The summed E-state index contributed by atoms with van der Waals surface area (Å²) in [5.41, 5.74) is 3.76. The van der Waals surface area contributed by atoms with E-state index in [1.807, 2.05) is 28.8 Å². The molecule has 0 unspecified atom stereocenters. The number of aromatic nitrogens is 2. The molecule has 37 heavy (non-hydrogen) atoms. The molecular formula is C28H32FN5O3. The van der Waals surface area contributed by atoms with Crippen molar-refractivity contribution >= 4 is 17.4 Å². The first-order valence-corrected chi connectivity index (χ1v) is 13.0. The Labute approximate surface area is 215 Å². The van der Waals surface area contributed by atoms with Gasteiger partial charge in [0.15, 0.2) is 0 Å². The van der Waals surface area contributed by atoms with Crippen molar-refractivity contribution in [2.24, 2.45) is 7.05 Å². The number of carbonyl (C=O) groups is 1. The average molecular weight is 506 g/mol. The molecule has 9 heteroatoms. The summed E-state index contributed by atoms with van der Waals surface area (Å²) in [5, 5.41) is 15.8. The minimum atomic E-state index is -0.459. The summed E-state index contributed by atoms with van der Waals surface area (Å²) in [6, 6.07) is 12.6. The molecule has 1 aliphatic heterocycles. The number of hydrogen-bond donors (Lipinski definition) is 0. The Morgan fingerprint density at radius 3 is 2.43 bits per heavy atom. The van der Waals surface area contributed by atoms with Crippen LogP contribution in [0.25, 0.3) is 0 Å². The highest BCUT2D eigenvalue weighted by atomic mass is 19.1.